The highest BCUT2D eigenvalue weighted by Gasteiger charge is 2.12. The molecule has 0 atom stereocenters. The summed E-state index contributed by atoms with van der Waals surface area (Å²) in [6.07, 6.45) is 0. The standard InChI is InChI=1S/C16H12FNO2S/c1-9-6-12(19)4-5-13(9)18-16(20)15-7-10-2-3-11(17)8-14(10)21-15/h2-8,19H,1H3,(H,18,20). The predicted octanol–water partition coefficient (Wildman–Crippen LogP) is 4.31. The summed E-state index contributed by atoms with van der Waals surface area (Å²) in [4.78, 5) is 12.8. The van der Waals surface area contributed by atoms with Crippen LogP contribution in [0.5, 0.6) is 5.75 Å². The number of halogens is 1. The second kappa shape index (κ2) is 5.18. The number of benzene rings is 2. The van der Waals surface area contributed by atoms with Gasteiger partial charge in [0.15, 0.2) is 0 Å². The number of aryl methyl sites for hydroxylation is 1. The molecule has 2 N–H and O–H groups in total. The van der Waals surface area contributed by atoms with Crippen molar-refractivity contribution in [1.29, 1.82) is 0 Å². The molecular weight excluding hydrogens is 289 g/mol. The summed E-state index contributed by atoms with van der Waals surface area (Å²) in [6.45, 7) is 1.80. The number of rotatable bonds is 2. The highest BCUT2D eigenvalue weighted by Crippen LogP contribution is 2.28. The van der Waals surface area contributed by atoms with Crippen LogP contribution in [0.2, 0.25) is 0 Å². The number of fused-ring (bicyclic) bond motifs is 1. The van der Waals surface area contributed by atoms with Gasteiger partial charge in [-0.2, -0.15) is 0 Å². The van der Waals surface area contributed by atoms with Crippen molar-refractivity contribution in [1.82, 2.24) is 0 Å². The van der Waals surface area contributed by atoms with Crippen LogP contribution in [0, 0.1) is 12.7 Å². The van der Waals surface area contributed by atoms with Crippen LogP contribution in [0.15, 0.2) is 42.5 Å². The summed E-state index contributed by atoms with van der Waals surface area (Å²) in [5, 5.41) is 13.0. The molecule has 0 bridgehead atoms. The van der Waals surface area contributed by atoms with Gasteiger partial charge in [-0.25, -0.2) is 4.39 Å². The van der Waals surface area contributed by atoms with Crippen LogP contribution in [0.4, 0.5) is 10.1 Å². The van der Waals surface area contributed by atoms with Gasteiger partial charge in [0.25, 0.3) is 5.91 Å². The Kier molecular flexibility index (Phi) is 3.35. The van der Waals surface area contributed by atoms with Crippen molar-refractivity contribution in [3.63, 3.8) is 0 Å². The van der Waals surface area contributed by atoms with E-state index >= 15 is 0 Å². The van der Waals surface area contributed by atoms with Gasteiger partial charge in [0.05, 0.1) is 4.88 Å². The zero-order valence-corrected chi connectivity index (χ0v) is 12.0. The Bertz CT molecular complexity index is 841. The third-order valence-corrected chi connectivity index (χ3v) is 4.26. The van der Waals surface area contributed by atoms with Crippen molar-refractivity contribution in [2.75, 3.05) is 5.32 Å². The highest BCUT2D eigenvalue weighted by molar-refractivity contribution is 7.20. The monoisotopic (exact) mass is 301 g/mol. The summed E-state index contributed by atoms with van der Waals surface area (Å²) >= 11 is 1.25. The molecule has 0 aliphatic rings. The smallest absolute Gasteiger partial charge is 0.265 e. The number of amides is 1. The summed E-state index contributed by atoms with van der Waals surface area (Å²) < 4.78 is 13.9. The van der Waals surface area contributed by atoms with Crippen molar-refractivity contribution >= 4 is 33.0 Å². The van der Waals surface area contributed by atoms with Gasteiger partial charge in [-0.3, -0.25) is 4.79 Å². The molecule has 21 heavy (non-hydrogen) atoms. The van der Waals surface area contributed by atoms with E-state index < -0.39 is 0 Å². The van der Waals surface area contributed by atoms with Crippen LogP contribution in [0.1, 0.15) is 15.2 Å². The minimum Gasteiger partial charge on any atom is -0.508 e. The van der Waals surface area contributed by atoms with Gasteiger partial charge in [-0.15, -0.1) is 11.3 Å². The number of phenols is 1. The molecule has 3 rings (SSSR count). The molecule has 0 aliphatic heterocycles. The average Bonchev–Trinajstić information content (AvgIpc) is 2.85. The van der Waals surface area contributed by atoms with E-state index in [2.05, 4.69) is 5.32 Å². The van der Waals surface area contributed by atoms with E-state index in [4.69, 9.17) is 0 Å². The molecule has 0 unspecified atom stereocenters. The van der Waals surface area contributed by atoms with Gasteiger partial charge in [0.1, 0.15) is 11.6 Å². The normalized spacial score (nSPS) is 10.8. The van der Waals surface area contributed by atoms with E-state index in [1.807, 2.05) is 0 Å². The van der Waals surface area contributed by atoms with Gasteiger partial charge < -0.3 is 10.4 Å². The fraction of sp³-hybridized carbons (Fsp3) is 0.0625. The van der Waals surface area contributed by atoms with Crippen molar-refractivity contribution in [2.45, 2.75) is 6.92 Å². The molecule has 0 fully saturated rings. The SMILES string of the molecule is Cc1cc(O)ccc1NC(=O)c1cc2ccc(F)cc2s1. The molecule has 3 aromatic rings. The first-order valence-corrected chi connectivity index (χ1v) is 7.14. The quantitative estimate of drug-likeness (QED) is 0.693. The van der Waals surface area contributed by atoms with E-state index in [0.29, 0.717) is 10.6 Å². The van der Waals surface area contributed by atoms with E-state index in [1.165, 1.54) is 29.5 Å². The molecule has 1 heterocycles. The first-order chi connectivity index (χ1) is 10.0. The third kappa shape index (κ3) is 2.73. The minimum absolute atomic E-state index is 0.155. The first kappa shape index (κ1) is 13.6. The lowest BCUT2D eigenvalue weighted by Gasteiger charge is -2.07. The third-order valence-electron chi connectivity index (χ3n) is 3.16. The molecule has 0 spiro atoms. The van der Waals surface area contributed by atoms with E-state index in [0.717, 1.165) is 15.6 Å². The Morgan fingerprint density at radius 3 is 2.76 bits per heavy atom. The summed E-state index contributed by atoms with van der Waals surface area (Å²) in [6, 6.07) is 10.9. The summed E-state index contributed by atoms with van der Waals surface area (Å²) in [5.74, 6) is -0.404. The van der Waals surface area contributed by atoms with Crippen LogP contribution in [0.3, 0.4) is 0 Å². The number of hydrogen-bond acceptors (Lipinski definition) is 3. The number of hydrogen-bond donors (Lipinski definition) is 2. The molecule has 2 aromatic carbocycles. The molecule has 0 aliphatic carbocycles. The number of carbonyl (C=O) groups is 1. The fourth-order valence-electron chi connectivity index (χ4n) is 2.09. The second-order valence-electron chi connectivity index (χ2n) is 4.75. The molecule has 0 saturated heterocycles. The van der Waals surface area contributed by atoms with Crippen molar-refractivity contribution in [2.24, 2.45) is 0 Å². The second-order valence-corrected chi connectivity index (χ2v) is 5.83. The molecule has 3 nitrogen and oxygen atoms in total. The maximum absolute atomic E-state index is 13.2. The van der Waals surface area contributed by atoms with Crippen LogP contribution >= 0.6 is 11.3 Å². The van der Waals surface area contributed by atoms with E-state index in [9.17, 15) is 14.3 Å². The minimum atomic E-state index is -0.314. The Morgan fingerprint density at radius 2 is 2.00 bits per heavy atom. The van der Waals surface area contributed by atoms with Gasteiger partial charge in [-0.1, -0.05) is 6.07 Å². The molecule has 0 radical (unpaired) electrons. The largest absolute Gasteiger partial charge is 0.508 e. The zero-order valence-electron chi connectivity index (χ0n) is 11.2. The van der Waals surface area contributed by atoms with Crippen molar-refractivity contribution < 1.29 is 14.3 Å². The average molecular weight is 301 g/mol. The predicted molar refractivity (Wildman–Crippen MR) is 82.6 cm³/mol. The Balaban J connectivity index is 1.89. The number of thiophene rings is 1. The number of nitrogens with one attached hydrogen (secondary N) is 1. The molecule has 106 valence electrons. The Labute approximate surface area is 124 Å². The molecule has 0 saturated carbocycles. The van der Waals surface area contributed by atoms with Gasteiger partial charge in [0, 0.05) is 10.4 Å². The molecule has 1 aromatic heterocycles. The number of aromatic hydroxyl groups is 1. The fourth-order valence-corrected chi connectivity index (χ4v) is 3.07. The zero-order chi connectivity index (χ0) is 15.0. The number of carbonyl (C=O) groups excluding carboxylic acids is 1. The lowest BCUT2D eigenvalue weighted by Crippen LogP contribution is -2.10. The first-order valence-electron chi connectivity index (χ1n) is 6.33. The van der Waals surface area contributed by atoms with E-state index in [-0.39, 0.29) is 17.5 Å². The van der Waals surface area contributed by atoms with Gasteiger partial charge in [0.2, 0.25) is 0 Å². The van der Waals surface area contributed by atoms with E-state index in [1.54, 1.807) is 31.2 Å². The van der Waals surface area contributed by atoms with Crippen molar-refractivity contribution in [3.05, 3.63) is 58.7 Å². The summed E-state index contributed by atoms with van der Waals surface area (Å²) in [5.41, 5.74) is 1.41. The lowest BCUT2D eigenvalue weighted by atomic mass is 10.2. The van der Waals surface area contributed by atoms with Crippen molar-refractivity contribution in [3.8, 4) is 5.75 Å². The summed E-state index contributed by atoms with van der Waals surface area (Å²) in [7, 11) is 0. The number of anilines is 1. The van der Waals surface area contributed by atoms with Crippen LogP contribution in [0.25, 0.3) is 10.1 Å². The van der Waals surface area contributed by atoms with Crippen LogP contribution in [-0.4, -0.2) is 11.0 Å². The molecular formula is C16H12FNO2S. The highest BCUT2D eigenvalue weighted by atomic mass is 32.1. The Hall–Kier alpha value is -2.40. The maximum Gasteiger partial charge on any atom is 0.265 e. The topological polar surface area (TPSA) is 49.3 Å². The molecule has 5 heteroatoms. The van der Waals surface area contributed by atoms with Gasteiger partial charge >= 0.3 is 0 Å². The molecule has 1 amide bonds. The number of phenolic OH excluding ortho intramolecular Hbond substituents is 1. The lowest BCUT2D eigenvalue weighted by molar-refractivity contribution is 0.103. The Morgan fingerprint density at radius 1 is 1.19 bits per heavy atom. The van der Waals surface area contributed by atoms with Crippen LogP contribution in [-0.2, 0) is 0 Å². The maximum atomic E-state index is 13.2. The van der Waals surface area contributed by atoms with Crippen LogP contribution < -0.4 is 5.32 Å². The van der Waals surface area contributed by atoms with Gasteiger partial charge in [-0.05, 0) is 54.3 Å².